The van der Waals surface area contributed by atoms with Crippen LogP contribution in [0, 0.1) is 5.82 Å². The molecule has 0 aliphatic heterocycles. The van der Waals surface area contributed by atoms with E-state index >= 15 is 0 Å². The van der Waals surface area contributed by atoms with Gasteiger partial charge < -0.3 is 9.84 Å². The van der Waals surface area contributed by atoms with E-state index in [1.165, 1.54) is 19.2 Å². The zero-order valence-electron chi connectivity index (χ0n) is 6.88. The predicted octanol–water partition coefficient (Wildman–Crippen LogP) is 1.46. The Kier molecular flexibility index (Phi) is 3.19. The maximum atomic E-state index is 12.7. The Bertz CT molecular complexity index is 261. The molecule has 0 bridgehead atoms. The molecular weight excluding hydrogens is 159 g/mol. The van der Waals surface area contributed by atoms with Gasteiger partial charge in [0.05, 0.1) is 13.2 Å². The highest BCUT2D eigenvalue weighted by molar-refractivity contribution is 5.26. The first kappa shape index (κ1) is 9.16. The molecule has 1 aromatic rings. The average molecular weight is 170 g/mol. The van der Waals surface area contributed by atoms with Crippen LogP contribution < -0.4 is 0 Å². The van der Waals surface area contributed by atoms with E-state index in [2.05, 4.69) is 0 Å². The van der Waals surface area contributed by atoms with Crippen LogP contribution in [0.4, 0.5) is 4.39 Å². The van der Waals surface area contributed by atoms with Crippen LogP contribution in [0.3, 0.4) is 0 Å². The van der Waals surface area contributed by atoms with Crippen LogP contribution in [-0.4, -0.2) is 12.2 Å². The zero-order valence-corrected chi connectivity index (χ0v) is 6.88. The number of benzene rings is 1. The molecule has 0 heterocycles. The number of aliphatic hydroxyl groups excluding tert-OH is 1. The molecule has 3 heteroatoms. The minimum atomic E-state index is -0.306. The Hall–Kier alpha value is -0.930. The third kappa shape index (κ3) is 2.03. The number of aliphatic hydroxyl groups is 1. The van der Waals surface area contributed by atoms with Crippen molar-refractivity contribution in [2.45, 2.75) is 13.2 Å². The molecule has 0 aromatic heterocycles. The SMILES string of the molecule is COCc1cc(F)ccc1CO. The van der Waals surface area contributed by atoms with Crippen LogP contribution in [-0.2, 0) is 18.0 Å². The Morgan fingerprint density at radius 1 is 1.42 bits per heavy atom. The van der Waals surface area contributed by atoms with Crippen molar-refractivity contribution in [3.05, 3.63) is 35.1 Å². The third-order valence-corrected chi connectivity index (χ3v) is 1.64. The van der Waals surface area contributed by atoms with Crippen molar-refractivity contribution in [3.8, 4) is 0 Å². The van der Waals surface area contributed by atoms with Crippen molar-refractivity contribution in [2.24, 2.45) is 0 Å². The van der Waals surface area contributed by atoms with E-state index < -0.39 is 0 Å². The van der Waals surface area contributed by atoms with E-state index in [0.29, 0.717) is 17.7 Å². The quantitative estimate of drug-likeness (QED) is 0.744. The zero-order chi connectivity index (χ0) is 8.97. The van der Waals surface area contributed by atoms with Crippen LogP contribution in [0.2, 0.25) is 0 Å². The Morgan fingerprint density at radius 2 is 2.17 bits per heavy atom. The lowest BCUT2D eigenvalue weighted by Crippen LogP contribution is -1.96. The number of hydrogen-bond acceptors (Lipinski definition) is 2. The van der Waals surface area contributed by atoms with Gasteiger partial charge in [-0.05, 0) is 23.3 Å². The Morgan fingerprint density at radius 3 is 2.75 bits per heavy atom. The van der Waals surface area contributed by atoms with Crippen molar-refractivity contribution >= 4 is 0 Å². The number of halogens is 1. The molecule has 1 rings (SSSR count). The highest BCUT2D eigenvalue weighted by Gasteiger charge is 2.01. The van der Waals surface area contributed by atoms with Crippen molar-refractivity contribution < 1.29 is 14.2 Å². The normalized spacial score (nSPS) is 10.2. The summed E-state index contributed by atoms with van der Waals surface area (Å²) in [7, 11) is 1.53. The summed E-state index contributed by atoms with van der Waals surface area (Å²) < 4.78 is 17.5. The van der Waals surface area contributed by atoms with Gasteiger partial charge in [-0.2, -0.15) is 0 Å². The van der Waals surface area contributed by atoms with Crippen LogP contribution in [0.1, 0.15) is 11.1 Å². The number of methoxy groups -OCH3 is 1. The van der Waals surface area contributed by atoms with E-state index in [9.17, 15) is 4.39 Å². The molecule has 0 unspecified atom stereocenters. The molecule has 0 radical (unpaired) electrons. The molecular formula is C9H11FO2. The molecule has 0 atom stereocenters. The standard InChI is InChI=1S/C9H11FO2/c1-12-6-8-4-9(10)3-2-7(8)5-11/h2-4,11H,5-6H2,1H3. The summed E-state index contributed by atoms with van der Waals surface area (Å²) in [6.45, 7) is 0.243. The van der Waals surface area contributed by atoms with Gasteiger partial charge in [-0.3, -0.25) is 0 Å². The van der Waals surface area contributed by atoms with Crippen molar-refractivity contribution in [1.82, 2.24) is 0 Å². The topological polar surface area (TPSA) is 29.5 Å². The van der Waals surface area contributed by atoms with Gasteiger partial charge in [-0.25, -0.2) is 4.39 Å². The smallest absolute Gasteiger partial charge is 0.123 e. The first-order valence-electron chi connectivity index (χ1n) is 3.65. The predicted molar refractivity (Wildman–Crippen MR) is 43.0 cm³/mol. The van der Waals surface area contributed by atoms with Crippen LogP contribution in [0.5, 0.6) is 0 Å². The van der Waals surface area contributed by atoms with Gasteiger partial charge in [-0.15, -0.1) is 0 Å². The lowest BCUT2D eigenvalue weighted by atomic mass is 10.1. The highest BCUT2D eigenvalue weighted by atomic mass is 19.1. The third-order valence-electron chi connectivity index (χ3n) is 1.64. The molecule has 12 heavy (non-hydrogen) atoms. The minimum absolute atomic E-state index is 0.0844. The van der Waals surface area contributed by atoms with E-state index in [4.69, 9.17) is 9.84 Å². The summed E-state index contributed by atoms with van der Waals surface area (Å²) in [6, 6.07) is 4.25. The molecule has 0 aliphatic carbocycles. The molecule has 0 amide bonds. The lowest BCUT2D eigenvalue weighted by molar-refractivity contribution is 0.181. The van der Waals surface area contributed by atoms with E-state index in [-0.39, 0.29) is 12.4 Å². The second-order valence-electron chi connectivity index (χ2n) is 2.50. The Labute approximate surface area is 70.6 Å². The van der Waals surface area contributed by atoms with Gasteiger partial charge in [0.15, 0.2) is 0 Å². The van der Waals surface area contributed by atoms with Crippen molar-refractivity contribution in [3.63, 3.8) is 0 Å². The average Bonchev–Trinajstić information content (AvgIpc) is 2.05. The minimum Gasteiger partial charge on any atom is -0.392 e. The second-order valence-corrected chi connectivity index (χ2v) is 2.50. The summed E-state index contributed by atoms with van der Waals surface area (Å²) in [5.74, 6) is -0.306. The number of rotatable bonds is 3. The van der Waals surface area contributed by atoms with Crippen LogP contribution in [0.15, 0.2) is 18.2 Å². The van der Waals surface area contributed by atoms with Gasteiger partial charge >= 0.3 is 0 Å². The molecule has 0 spiro atoms. The molecule has 1 N–H and O–H groups in total. The first-order valence-corrected chi connectivity index (χ1v) is 3.65. The maximum absolute atomic E-state index is 12.7. The van der Waals surface area contributed by atoms with Crippen molar-refractivity contribution in [1.29, 1.82) is 0 Å². The molecule has 2 nitrogen and oxygen atoms in total. The monoisotopic (exact) mass is 170 g/mol. The van der Waals surface area contributed by atoms with Crippen LogP contribution >= 0.6 is 0 Å². The first-order chi connectivity index (χ1) is 5.77. The fraction of sp³-hybridized carbons (Fsp3) is 0.333. The second kappa shape index (κ2) is 4.18. The molecule has 0 saturated heterocycles. The molecule has 0 fully saturated rings. The van der Waals surface area contributed by atoms with Gasteiger partial charge in [0.2, 0.25) is 0 Å². The van der Waals surface area contributed by atoms with Gasteiger partial charge in [-0.1, -0.05) is 6.07 Å². The molecule has 0 aliphatic rings. The van der Waals surface area contributed by atoms with Gasteiger partial charge in [0.1, 0.15) is 5.82 Å². The number of ether oxygens (including phenoxy) is 1. The van der Waals surface area contributed by atoms with Crippen molar-refractivity contribution in [2.75, 3.05) is 7.11 Å². The summed E-state index contributed by atoms with van der Waals surface area (Å²) in [4.78, 5) is 0. The summed E-state index contributed by atoms with van der Waals surface area (Å²) >= 11 is 0. The molecule has 66 valence electrons. The van der Waals surface area contributed by atoms with E-state index in [1.807, 2.05) is 0 Å². The fourth-order valence-corrected chi connectivity index (χ4v) is 1.04. The fourth-order valence-electron chi connectivity index (χ4n) is 1.04. The van der Waals surface area contributed by atoms with E-state index in [0.717, 1.165) is 0 Å². The molecule has 0 saturated carbocycles. The highest BCUT2D eigenvalue weighted by Crippen LogP contribution is 2.12. The maximum Gasteiger partial charge on any atom is 0.123 e. The van der Waals surface area contributed by atoms with Gasteiger partial charge in [0, 0.05) is 7.11 Å². The van der Waals surface area contributed by atoms with E-state index in [1.54, 1.807) is 6.07 Å². The summed E-state index contributed by atoms with van der Waals surface area (Å²) in [6.07, 6.45) is 0. The summed E-state index contributed by atoms with van der Waals surface area (Å²) in [5.41, 5.74) is 1.40. The Balaban J connectivity index is 2.95. The largest absolute Gasteiger partial charge is 0.392 e. The van der Waals surface area contributed by atoms with Gasteiger partial charge in [0.25, 0.3) is 0 Å². The molecule has 1 aromatic carbocycles. The lowest BCUT2D eigenvalue weighted by Gasteiger charge is -2.05. The number of hydrogen-bond donors (Lipinski definition) is 1. The summed E-state index contributed by atoms with van der Waals surface area (Å²) in [5, 5.41) is 8.86. The van der Waals surface area contributed by atoms with Crippen LogP contribution in [0.25, 0.3) is 0 Å².